The molecule has 2 atom stereocenters. The number of halogens is 2. The first-order valence-electron chi connectivity index (χ1n) is 11.9. The molecule has 0 radical (unpaired) electrons. The second kappa shape index (κ2) is 15.0. The molecule has 0 aromatic heterocycles. The molecule has 0 aliphatic carbocycles. The van der Waals surface area contributed by atoms with Gasteiger partial charge in [0.15, 0.2) is 5.96 Å². The van der Waals surface area contributed by atoms with Gasteiger partial charge in [-0.2, -0.15) is 0 Å². The van der Waals surface area contributed by atoms with Crippen LogP contribution in [0.4, 0.5) is 0 Å². The Balaban J connectivity index is 0.00000481. The van der Waals surface area contributed by atoms with Gasteiger partial charge in [0.2, 0.25) is 11.8 Å². The van der Waals surface area contributed by atoms with E-state index in [1.54, 1.807) is 0 Å². The number of aliphatic imine (C=N–C) groups is 1. The molecule has 6 N–H and O–H groups in total. The van der Waals surface area contributed by atoms with Crippen molar-refractivity contribution in [1.82, 2.24) is 10.6 Å². The normalized spacial score (nSPS) is 12.1. The van der Waals surface area contributed by atoms with Crippen LogP contribution < -0.4 is 22.1 Å². The zero-order chi connectivity index (χ0) is 25.9. The predicted molar refractivity (Wildman–Crippen MR) is 155 cm³/mol. The second-order valence-electron chi connectivity index (χ2n) is 8.55. The van der Waals surface area contributed by atoms with Crippen LogP contribution in [0.15, 0.2) is 94.4 Å². The Kier molecular flexibility index (Phi) is 12.1. The number of nitrogens with one attached hydrogen (secondary N) is 2. The number of carbonyl (C=O) groups is 2. The summed E-state index contributed by atoms with van der Waals surface area (Å²) in [6.45, 7) is 2.28. The van der Waals surface area contributed by atoms with Gasteiger partial charge >= 0.3 is 0 Å². The molecule has 3 aromatic carbocycles. The van der Waals surface area contributed by atoms with Crippen molar-refractivity contribution in [1.29, 1.82) is 0 Å². The standard InChI is InChI=1S/C28H32BrN5O2.ClH/c1-19(20-14-16-23(29)17-15-20)33-26(35)24(13-8-18-32-28(30)31)34-27(36)25(21-9-4-2-5-10-21)22-11-6-3-7-12-22;/h2-7,9-12,14-17,19,24-25H,8,13,18H2,1H3,(H,33,35)(H,34,36)(H4,30,31,32);1H/t19-,24-;/m1./s1. The van der Waals surface area contributed by atoms with Crippen molar-refractivity contribution in [3.8, 4) is 0 Å². The number of carbonyl (C=O) groups excluding carboxylic acids is 2. The van der Waals surface area contributed by atoms with Crippen molar-refractivity contribution < 1.29 is 9.59 Å². The van der Waals surface area contributed by atoms with Gasteiger partial charge in [-0.15, -0.1) is 12.4 Å². The van der Waals surface area contributed by atoms with Crippen molar-refractivity contribution in [2.45, 2.75) is 37.8 Å². The van der Waals surface area contributed by atoms with Gasteiger partial charge in [0.05, 0.1) is 12.0 Å². The topological polar surface area (TPSA) is 123 Å². The van der Waals surface area contributed by atoms with Crippen LogP contribution in [0, 0.1) is 0 Å². The minimum atomic E-state index is -0.750. The Labute approximate surface area is 232 Å². The van der Waals surface area contributed by atoms with Crippen molar-refractivity contribution in [2.75, 3.05) is 6.54 Å². The molecule has 0 saturated heterocycles. The van der Waals surface area contributed by atoms with Crippen LogP contribution in [0.1, 0.15) is 48.4 Å². The molecule has 37 heavy (non-hydrogen) atoms. The third-order valence-electron chi connectivity index (χ3n) is 5.84. The SMILES string of the molecule is C[C@@H](NC(=O)[C@@H](CCCN=C(N)N)NC(=O)C(c1ccccc1)c1ccccc1)c1ccc(Br)cc1.Cl. The minimum Gasteiger partial charge on any atom is -0.370 e. The van der Waals surface area contributed by atoms with E-state index in [4.69, 9.17) is 11.5 Å². The molecule has 3 aromatic rings. The molecule has 2 amide bonds. The zero-order valence-corrected chi connectivity index (χ0v) is 23.0. The average molecular weight is 587 g/mol. The fourth-order valence-electron chi connectivity index (χ4n) is 3.96. The van der Waals surface area contributed by atoms with Gasteiger partial charge in [-0.25, -0.2) is 0 Å². The fourth-order valence-corrected chi connectivity index (χ4v) is 4.23. The molecule has 9 heteroatoms. The Morgan fingerprint density at radius 2 is 1.35 bits per heavy atom. The van der Waals surface area contributed by atoms with Gasteiger partial charge < -0.3 is 22.1 Å². The largest absolute Gasteiger partial charge is 0.370 e. The maximum Gasteiger partial charge on any atom is 0.243 e. The van der Waals surface area contributed by atoms with E-state index in [2.05, 4.69) is 31.6 Å². The molecule has 0 fully saturated rings. The molecule has 0 heterocycles. The van der Waals surface area contributed by atoms with Crippen molar-refractivity contribution >= 4 is 46.1 Å². The lowest BCUT2D eigenvalue weighted by molar-refractivity contribution is -0.129. The summed E-state index contributed by atoms with van der Waals surface area (Å²) in [6.07, 6.45) is 0.919. The van der Waals surface area contributed by atoms with Gasteiger partial charge in [-0.05, 0) is 48.6 Å². The summed E-state index contributed by atoms with van der Waals surface area (Å²) >= 11 is 3.43. The van der Waals surface area contributed by atoms with Crippen molar-refractivity contribution in [3.63, 3.8) is 0 Å². The number of hydrogen-bond donors (Lipinski definition) is 4. The van der Waals surface area contributed by atoms with E-state index >= 15 is 0 Å². The lowest BCUT2D eigenvalue weighted by Gasteiger charge is -2.25. The van der Waals surface area contributed by atoms with Crippen molar-refractivity contribution in [3.05, 3.63) is 106 Å². The molecule has 0 unspecified atom stereocenters. The summed E-state index contributed by atoms with van der Waals surface area (Å²) in [5.74, 6) is -1.06. The van der Waals surface area contributed by atoms with E-state index in [1.807, 2.05) is 91.9 Å². The molecule has 0 aliphatic rings. The highest BCUT2D eigenvalue weighted by molar-refractivity contribution is 9.10. The van der Waals surface area contributed by atoms with Crippen LogP contribution in [0.5, 0.6) is 0 Å². The highest BCUT2D eigenvalue weighted by atomic mass is 79.9. The maximum atomic E-state index is 13.6. The number of guanidine groups is 1. The summed E-state index contributed by atoms with van der Waals surface area (Å²) < 4.78 is 0.961. The highest BCUT2D eigenvalue weighted by Gasteiger charge is 2.28. The quantitative estimate of drug-likeness (QED) is 0.151. The number of nitrogens with two attached hydrogens (primary N) is 2. The molecule has 0 aliphatic heterocycles. The number of amides is 2. The van der Waals surface area contributed by atoms with Crippen LogP contribution in [-0.4, -0.2) is 30.4 Å². The predicted octanol–water partition coefficient (Wildman–Crippen LogP) is 4.42. The maximum absolute atomic E-state index is 13.6. The first kappa shape index (κ1) is 29.9. The van der Waals surface area contributed by atoms with Gasteiger partial charge in [-0.3, -0.25) is 14.6 Å². The van der Waals surface area contributed by atoms with E-state index in [0.717, 1.165) is 21.2 Å². The first-order valence-corrected chi connectivity index (χ1v) is 12.7. The second-order valence-corrected chi connectivity index (χ2v) is 9.46. The zero-order valence-electron chi connectivity index (χ0n) is 20.6. The van der Waals surface area contributed by atoms with Gasteiger partial charge in [0.25, 0.3) is 0 Å². The highest BCUT2D eigenvalue weighted by Crippen LogP contribution is 2.25. The Morgan fingerprint density at radius 1 is 0.811 bits per heavy atom. The monoisotopic (exact) mass is 585 g/mol. The first-order chi connectivity index (χ1) is 17.3. The molecule has 0 bridgehead atoms. The number of hydrogen-bond acceptors (Lipinski definition) is 3. The Morgan fingerprint density at radius 3 is 1.86 bits per heavy atom. The van der Waals surface area contributed by atoms with Crippen LogP contribution >= 0.6 is 28.3 Å². The van der Waals surface area contributed by atoms with E-state index < -0.39 is 12.0 Å². The summed E-state index contributed by atoms with van der Waals surface area (Å²) in [7, 11) is 0. The van der Waals surface area contributed by atoms with Crippen LogP contribution in [0.25, 0.3) is 0 Å². The third kappa shape index (κ3) is 9.22. The van der Waals surface area contributed by atoms with E-state index in [9.17, 15) is 9.59 Å². The van der Waals surface area contributed by atoms with E-state index in [0.29, 0.717) is 19.4 Å². The molecular formula is C28H33BrClN5O2. The van der Waals surface area contributed by atoms with Gasteiger partial charge in [0.1, 0.15) is 6.04 Å². The summed E-state index contributed by atoms with van der Waals surface area (Å²) in [5.41, 5.74) is 13.5. The summed E-state index contributed by atoms with van der Waals surface area (Å²) in [5, 5.41) is 6.03. The van der Waals surface area contributed by atoms with Crippen LogP contribution in [-0.2, 0) is 9.59 Å². The molecule has 196 valence electrons. The molecule has 3 rings (SSSR count). The van der Waals surface area contributed by atoms with Crippen LogP contribution in [0.2, 0.25) is 0 Å². The van der Waals surface area contributed by atoms with Gasteiger partial charge in [-0.1, -0.05) is 88.7 Å². The number of rotatable bonds is 11. The molecule has 0 saturated carbocycles. The third-order valence-corrected chi connectivity index (χ3v) is 6.36. The molecular weight excluding hydrogens is 554 g/mol. The van der Waals surface area contributed by atoms with E-state index in [-0.39, 0.29) is 36.2 Å². The number of benzene rings is 3. The molecule has 7 nitrogen and oxygen atoms in total. The Bertz CT molecular complexity index is 1120. The molecule has 0 spiro atoms. The lowest BCUT2D eigenvalue weighted by atomic mass is 9.90. The smallest absolute Gasteiger partial charge is 0.243 e. The number of nitrogens with zero attached hydrogens (tertiary/aromatic N) is 1. The lowest BCUT2D eigenvalue weighted by Crippen LogP contribution is -2.48. The Hall–Kier alpha value is -3.36. The minimum absolute atomic E-state index is 0. The van der Waals surface area contributed by atoms with E-state index in [1.165, 1.54) is 0 Å². The average Bonchev–Trinajstić information content (AvgIpc) is 2.87. The van der Waals surface area contributed by atoms with Gasteiger partial charge in [0, 0.05) is 11.0 Å². The van der Waals surface area contributed by atoms with Crippen LogP contribution in [0.3, 0.4) is 0 Å². The fraction of sp³-hybridized carbons (Fsp3) is 0.250. The van der Waals surface area contributed by atoms with Crippen molar-refractivity contribution in [2.24, 2.45) is 16.5 Å². The summed E-state index contributed by atoms with van der Waals surface area (Å²) in [4.78, 5) is 31.0. The summed E-state index contributed by atoms with van der Waals surface area (Å²) in [6, 6.07) is 25.9.